The van der Waals surface area contributed by atoms with Gasteiger partial charge >= 0.3 is 0 Å². The Morgan fingerprint density at radius 3 is 2.71 bits per heavy atom. The van der Waals surface area contributed by atoms with E-state index in [9.17, 15) is 4.79 Å². The highest BCUT2D eigenvalue weighted by atomic mass is 35.5. The molecule has 0 fully saturated rings. The molecule has 0 aliphatic carbocycles. The largest absolute Gasteiger partial charge is 0.374 e. The third-order valence-electron chi connectivity index (χ3n) is 6.25. The Hall–Kier alpha value is -3.64. The molecular formula is C27H26ClN5O. The number of aryl methyl sites for hydroxylation is 1. The van der Waals surface area contributed by atoms with Gasteiger partial charge in [0, 0.05) is 62.3 Å². The van der Waals surface area contributed by atoms with Crippen LogP contribution in [0.4, 0.5) is 5.69 Å². The van der Waals surface area contributed by atoms with Crippen molar-refractivity contribution in [2.45, 2.75) is 18.8 Å². The lowest BCUT2D eigenvalue weighted by atomic mass is 10.0. The van der Waals surface area contributed by atoms with E-state index in [2.05, 4.69) is 45.5 Å². The number of likely N-dealkylation sites (N-methyl/N-ethyl adjacent to an activating group) is 1. The Morgan fingerprint density at radius 1 is 1.03 bits per heavy atom. The number of nitrogens with zero attached hydrogens (tertiary/aromatic N) is 4. The molecule has 2 aromatic heterocycles. The standard InChI is InChI=1S/C27H26ClN5O/c1-32-9-8-21-11-19(6-7-25(21)32)14-30-27(34)24-12-22(20-5-3-4-18(10-20)13-28)15-29-26(24)23-16-31-33(2)17-23/h3-7,10-12,15-17H,8-9,13-14H2,1-2H3,(H,30,34). The van der Waals surface area contributed by atoms with Gasteiger partial charge in [-0.3, -0.25) is 14.5 Å². The summed E-state index contributed by atoms with van der Waals surface area (Å²) in [7, 11) is 3.95. The fraction of sp³-hybridized carbons (Fsp3) is 0.222. The molecule has 0 saturated carbocycles. The molecule has 0 atom stereocenters. The van der Waals surface area contributed by atoms with Crippen molar-refractivity contribution in [2.75, 3.05) is 18.5 Å². The Labute approximate surface area is 204 Å². The highest BCUT2D eigenvalue weighted by Gasteiger charge is 2.19. The van der Waals surface area contributed by atoms with Crippen molar-refractivity contribution < 1.29 is 4.79 Å². The molecule has 3 heterocycles. The van der Waals surface area contributed by atoms with Crippen molar-refractivity contribution >= 4 is 23.2 Å². The van der Waals surface area contributed by atoms with Crippen LogP contribution in [0.25, 0.3) is 22.4 Å². The lowest BCUT2D eigenvalue weighted by molar-refractivity contribution is 0.0951. The molecule has 0 saturated heterocycles. The molecule has 1 aliphatic heterocycles. The zero-order valence-corrected chi connectivity index (χ0v) is 20.0. The smallest absolute Gasteiger partial charge is 0.253 e. The predicted octanol–water partition coefficient (Wildman–Crippen LogP) is 4.81. The maximum atomic E-state index is 13.4. The minimum absolute atomic E-state index is 0.167. The minimum Gasteiger partial charge on any atom is -0.374 e. The van der Waals surface area contributed by atoms with Gasteiger partial charge in [-0.1, -0.05) is 30.3 Å². The number of alkyl halides is 1. The molecule has 5 rings (SSSR count). The summed E-state index contributed by atoms with van der Waals surface area (Å²) in [6.45, 7) is 1.48. The van der Waals surface area contributed by atoms with Crippen molar-refractivity contribution in [3.05, 3.63) is 89.4 Å². The molecule has 0 spiro atoms. The molecule has 4 aromatic rings. The van der Waals surface area contributed by atoms with E-state index in [-0.39, 0.29) is 5.91 Å². The fourth-order valence-electron chi connectivity index (χ4n) is 4.41. The van der Waals surface area contributed by atoms with E-state index in [1.807, 2.05) is 43.6 Å². The molecule has 7 heteroatoms. The van der Waals surface area contributed by atoms with Crippen LogP contribution in [0.2, 0.25) is 0 Å². The van der Waals surface area contributed by atoms with Gasteiger partial charge in [0.05, 0.1) is 17.5 Å². The van der Waals surface area contributed by atoms with Crippen LogP contribution < -0.4 is 10.2 Å². The number of benzene rings is 2. The van der Waals surface area contributed by atoms with Gasteiger partial charge in [-0.25, -0.2) is 0 Å². The molecular weight excluding hydrogens is 446 g/mol. The average molecular weight is 472 g/mol. The summed E-state index contributed by atoms with van der Waals surface area (Å²) in [5.41, 5.74) is 8.46. The first-order chi connectivity index (χ1) is 16.5. The van der Waals surface area contributed by atoms with Gasteiger partial charge in [0.1, 0.15) is 0 Å². The maximum absolute atomic E-state index is 13.4. The molecule has 0 unspecified atom stereocenters. The van der Waals surface area contributed by atoms with Crippen molar-refractivity contribution in [1.82, 2.24) is 20.1 Å². The molecule has 0 bridgehead atoms. The summed E-state index contributed by atoms with van der Waals surface area (Å²) in [6, 6.07) is 16.3. The molecule has 34 heavy (non-hydrogen) atoms. The lowest BCUT2D eigenvalue weighted by Gasteiger charge is -2.13. The zero-order chi connectivity index (χ0) is 23.7. The van der Waals surface area contributed by atoms with Crippen molar-refractivity contribution in [1.29, 1.82) is 0 Å². The Morgan fingerprint density at radius 2 is 1.91 bits per heavy atom. The van der Waals surface area contributed by atoms with Crippen LogP contribution in [-0.2, 0) is 25.9 Å². The SMILES string of the molecule is CN1CCc2cc(CNC(=O)c3cc(-c4cccc(CCl)c4)cnc3-c3cnn(C)c3)ccc21. The second-order valence-corrected chi connectivity index (χ2v) is 8.94. The summed E-state index contributed by atoms with van der Waals surface area (Å²) in [5.74, 6) is 0.262. The van der Waals surface area contributed by atoms with Crippen LogP contribution in [0, 0.1) is 0 Å². The van der Waals surface area contributed by atoms with Crippen LogP contribution in [0.5, 0.6) is 0 Å². The summed E-state index contributed by atoms with van der Waals surface area (Å²) < 4.78 is 1.71. The molecule has 6 nitrogen and oxygen atoms in total. The average Bonchev–Trinajstić information content (AvgIpc) is 3.47. The fourth-order valence-corrected chi connectivity index (χ4v) is 4.58. The number of halogens is 1. The van der Waals surface area contributed by atoms with E-state index in [0.29, 0.717) is 23.7 Å². The van der Waals surface area contributed by atoms with Gasteiger partial charge in [-0.15, -0.1) is 11.6 Å². The van der Waals surface area contributed by atoms with E-state index >= 15 is 0 Å². The third-order valence-corrected chi connectivity index (χ3v) is 6.56. The highest BCUT2D eigenvalue weighted by molar-refractivity contribution is 6.17. The highest BCUT2D eigenvalue weighted by Crippen LogP contribution is 2.29. The van der Waals surface area contributed by atoms with Gasteiger partial charge in [0.15, 0.2) is 0 Å². The first-order valence-electron chi connectivity index (χ1n) is 11.3. The predicted molar refractivity (Wildman–Crippen MR) is 136 cm³/mol. The van der Waals surface area contributed by atoms with E-state index in [0.717, 1.165) is 40.8 Å². The summed E-state index contributed by atoms with van der Waals surface area (Å²) in [4.78, 5) is 20.3. The van der Waals surface area contributed by atoms with Gasteiger partial charge in [-0.05, 0) is 46.9 Å². The lowest BCUT2D eigenvalue weighted by Crippen LogP contribution is -2.24. The summed E-state index contributed by atoms with van der Waals surface area (Å²) >= 11 is 6.03. The monoisotopic (exact) mass is 471 g/mol. The van der Waals surface area contributed by atoms with Gasteiger partial charge in [0.25, 0.3) is 5.91 Å². The molecule has 0 radical (unpaired) electrons. The quantitative estimate of drug-likeness (QED) is 0.410. The first kappa shape index (κ1) is 22.2. The van der Waals surface area contributed by atoms with E-state index < -0.39 is 0 Å². The number of fused-ring (bicyclic) bond motifs is 1. The third kappa shape index (κ3) is 4.41. The Kier molecular flexibility index (Phi) is 6.07. The molecule has 172 valence electrons. The number of hydrogen-bond donors (Lipinski definition) is 1. The van der Waals surface area contributed by atoms with Gasteiger partial charge in [0.2, 0.25) is 0 Å². The van der Waals surface area contributed by atoms with Crippen LogP contribution in [0.1, 0.15) is 27.0 Å². The van der Waals surface area contributed by atoms with E-state index in [1.54, 1.807) is 17.1 Å². The molecule has 1 aliphatic rings. The molecule has 1 amide bonds. The van der Waals surface area contributed by atoms with Crippen molar-refractivity contribution in [3.63, 3.8) is 0 Å². The summed E-state index contributed by atoms with van der Waals surface area (Å²) in [6.07, 6.45) is 6.42. The molecule has 1 N–H and O–H groups in total. The number of pyridine rings is 1. The summed E-state index contributed by atoms with van der Waals surface area (Å²) in [5, 5.41) is 7.35. The van der Waals surface area contributed by atoms with Gasteiger partial charge in [-0.2, -0.15) is 5.10 Å². The van der Waals surface area contributed by atoms with Crippen LogP contribution >= 0.6 is 11.6 Å². The minimum atomic E-state index is -0.167. The molecule has 2 aromatic carbocycles. The first-order valence-corrected chi connectivity index (χ1v) is 11.8. The number of aromatic nitrogens is 3. The number of amides is 1. The Bertz CT molecular complexity index is 1360. The Balaban J connectivity index is 1.45. The van der Waals surface area contributed by atoms with Crippen LogP contribution in [0.15, 0.2) is 67.1 Å². The van der Waals surface area contributed by atoms with Crippen LogP contribution in [-0.4, -0.2) is 34.3 Å². The number of carbonyl (C=O) groups excluding carboxylic acids is 1. The number of nitrogens with one attached hydrogen (secondary N) is 1. The van der Waals surface area contributed by atoms with E-state index in [1.165, 1.54) is 11.3 Å². The second-order valence-electron chi connectivity index (χ2n) is 8.67. The van der Waals surface area contributed by atoms with Gasteiger partial charge < -0.3 is 10.2 Å². The number of anilines is 1. The van der Waals surface area contributed by atoms with Crippen molar-refractivity contribution in [3.8, 4) is 22.4 Å². The van der Waals surface area contributed by atoms with Crippen molar-refractivity contribution in [2.24, 2.45) is 7.05 Å². The van der Waals surface area contributed by atoms with Crippen LogP contribution in [0.3, 0.4) is 0 Å². The number of rotatable bonds is 6. The van der Waals surface area contributed by atoms with E-state index in [4.69, 9.17) is 11.6 Å². The zero-order valence-electron chi connectivity index (χ0n) is 19.3. The topological polar surface area (TPSA) is 63.1 Å². The normalized spacial score (nSPS) is 12.6. The maximum Gasteiger partial charge on any atom is 0.253 e. The number of hydrogen-bond acceptors (Lipinski definition) is 4. The number of carbonyl (C=O) groups is 1. The second kappa shape index (κ2) is 9.31.